The number of nitrogens with one attached hydrogen (secondary N) is 2. The fourth-order valence-corrected chi connectivity index (χ4v) is 4.73. The quantitative estimate of drug-likeness (QED) is 0.707. The molecule has 1 aromatic carbocycles. The Kier molecular flexibility index (Phi) is 6.71. The van der Waals surface area contributed by atoms with E-state index in [-0.39, 0.29) is 42.3 Å². The van der Waals surface area contributed by atoms with Gasteiger partial charge < -0.3 is 15.1 Å². The van der Waals surface area contributed by atoms with Gasteiger partial charge in [-0.3, -0.25) is 9.59 Å². The van der Waals surface area contributed by atoms with Gasteiger partial charge in [-0.15, -0.1) is 0 Å². The van der Waals surface area contributed by atoms with Crippen molar-refractivity contribution in [1.82, 2.24) is 14.9 Å². The lowest BCUT2D eigenvalue weighted by atomic mass is 9.97. The average Bonchev–Trinajstić information content (AvgIpc) is 3.26. The van der Waals surface area contributed by atoms with Crippen LogP contribution in [-0.2, 0) is 26.2 Å². The van der Waals surface area contributed by atoms with E-state index >= 15 is 0 Å². The van der Waals surface area contributed by atoms with Crippen LogP contribution < -0.4 is 10.6 Å². The van der Waals surface area contributed by atoms with Gasteiger partial charge in [0.05, 0.1) is 17.7 Å². The first-order valence-corrected chi connectivity index (χ1v) is 11.0. The van der Waals surface area contributed by atoms with Crippen molar-refractivity contribution >= 4 is 21.8 Å². The number of carbonyl (C=O) groups is 2. The molecule has 3 rings (SSSR count). The highest BCUT2D eigenvalue weighted by atomic mass is 32.2. The third kappa shape index (κ3) is 5.24. The summed E-state index contributed by atoms with van der Waals surface area (Å²) in [4.78, 5) is 24.9. The Labute approximate surface area is 170 Å². The maximum absolute atomic E-state index is 12.7. The second kappa shape index (κ2) is 9.23. The SMILES string of the molecule is CC(NC(=O)C1CCN(S(=O)(=O)c2ccccc2)CC1)C(=O)NCc1ccco1. The van der Waals surface area contributed by atoms with Crippen LogP contribution in [0, 0.1) is 5.92 Å². The molecule has 1 fully saturated rings. The van der Waals surface area contributed by atoms with Gasteiger partial charge >= 0.3 is 0 Å². The number of amides is 2. The number of piperidine rings is 1. The standard InChI is InChI=1S/C20H25N3O5S/c1-15(19(24)21-14-17-6-5-13-28-17)22-20(25)16-9-11-23(12-10-16)29(26,27)18-7-3-2-4-8-18/h2-8,13,15-16H,9-12,14H2,1H3,(H,21,24)(H,22,25). The molecule has 8 nitrogen and oxygen atoms in total. The Morgan fingerprint density at radius 1 is 1.14 bits per heavy atom. The predicted octanol–water partition coefficient (Wildman–Crippen LogP) is 1.50. The molecule has 2 amide bonds. The molecule has 0 aliphatic carbocycles. The van der Waals surface area contributed by atoms with E-state index in [1.54, 1.807) is 49.4 Å². The third-order valence-electron chi connectivity index (χ3n) is 4.97. The van der Waals surface area contributed by atoms with Crippen LogP contribution in [0.3, 0.4) is 0 Å². The predicted molar refractivity (Wildman–Crippen MR) is 106 cm³/mol. The van der Waals surface area contributed by atoms with Gasteiger partial charge in [0.1, 0.15) is 11.8 Å². The van der Waals surface area contributed by atoms with Crippen LogP contribution in [0.15, 0.2) is 58.0 Å². The summed E-state index contributed by atoms with van der Waals surface area (Å²) < 4.78 is 31.9. The van der Waals surface area contributed by atoms with Crippen LogP contribution in [-0.4, -0.2) is 43.7 Å². The van der Waals surface area contributed by atoms with E-state index in [1.165, 1.54) is 10.6 Å². The van der Waals surface area contributed by atoms with Crippen LogP contribution in [0.25, 0.3) is 0 Å². The molecule has 1 aliphatic rings. The molecule has 1 unspecified atom stereocenters. The van der Waals surface area contributed by atoms with Crippen LogP contribution >= 0.6 is 0 Å². The minimum Gasteiger partial charge on any atom is -0.467 e. The molecule has 156 valence electrons. The number of hydrogen-bond donors (Lipinski definition) is 2. The molecule has 29 heavy (non-hydrogen) atoms. The molecule has 0 spiro atoms. The van der Waals surface area contributed by atoms with Crippen LogP contribution in [0.1, 0.15) is 25.5 Å². The molecule has 0 bridgehead atoms. The second-order valence-corrected chi connectivity index (χ2v) is 8.96. The van der Waals surface area contributed by atoms with E-state index < -0.39 is 16.1 Å². The monoisotopic (exact) mass is 419 g/mol. The third-order valence-corrected chi connectivity index (χ3v) is 6.89. The van der Waals surface area contributed by atoms with Gasteiger partial charge in [-0.25, -0.2) is 8.42 Å². The van der Waals surface area contributed by atoms with Crippen molar-refractivity contribution < 1.29 is 22.4 Å². The smallest absolute Gasteiger partial charge is 0.243 e. The molecule has 0 radical (unpaired) electrons. The van der Waals surface area contributed by atoms with Crippen molar-refractivity contribution in [3.63, 3.8) is 0 Å². The highest BCUT2D eigenvalue weighted by molar-refractivity contribution is 7.89. The largest absolute Gasteiger partial charge is 0.467 e. The van der Waals surface area contributed by atoms with E-state index in [9.17, 15) is 18.0 Å². The topological polar surface area (TPSA) is 109 Å². The fourth-order valence-electron chi connectivity index (χ4n) is 3.24. The molecule has 2 aromatic rings. The van der Waals surface area contributed by atoms with Crippen LogP contribution in [0.5, 0.6) is 0 Å². The molecule has 1 saturated heterocycles. The van der Waals surface area contributed by atoms with E-state index in [2.05, 4.69) is 10.6 Å². The number of nitrogens with zero attached hydrogens (tertiary/aromatic N) is 1. The Morgan fingerprint density at radius 3 is 2.45 bits per heavy atom. The molecule has 9 heteroatoms. The second-order valence-electron chi connectivity index (χ2n) is 7.02. The van der Waals surface area contributed by atoms with Gasteiger partial charge in [-0.05, 0) is 44.0 Å². The van der Waals surface area contributed by atoms with Gasteiger partial charge in [-0.2, -0.15) is 4.31 Å². The van der Waals surface area contributed by atoms with Gasteiger partial charge in [0, 0.05) is 19.0 Å². The van der Waals surface area contributed by atoms with Crippen molar-refractivity contribution in [2.24, 2.45) is 5.92 Å². The lowest BCUT2D eigenvalue weighted by Gasteiger charge is -2.31. The average molecular weight is 420 g/mol. The van der Waals surface area contributed by atoms with E-state index in [1.807, 2.05) is 0 Å². The van der Waals surface area contributed by atoms with Crippen molar-refractivity contribution in [3.8, 4) is 0 Å². The molecule has 1 aliphatic heterocycles. The number of carbonyl (C=O) groups excluding carboxylic acids is 2. The lowest BCUT2D eigenvalue weighted by molar-refractivity contribution is -0.131. The summed E-state index contributed by atoms with van der Waals surface area (Å²) in [6, 6.07) is 11.1. The zero-order valence-corrected chi connectivity index (χ0v) is 17.0. The molecule has 1 atom stereocenters. The molecule has 2 heterocycles. The normalized spacial score (nSPS) is 16.9. The highest BCUT2D eigenvalue weighted by Crippen LogP contribution is 2.24. The van der Waals surface area contributed by atoms with Crippen LogP contribution in [0.4, 0.5) is 0 Å². The zero-order valence-electron chi connectivity index (χ0n) is 16.2. The molecular weight excluding hydrogens is 394 g/mol. The molecule has 1 aromatic heterocycles. The van der Waals surface area contributed by atoms with Gasteiger partial charge in [-0.1, -0.05) is 18.2 Å². The van der Waals surface area contributed by atoms with Crippen molar-refractivity contribution in [1.29, 1.82) is 0 Å². The lowest BCUT2D eigenvalue weighted by Crippen LogP contribution is -2.49. The summed E-state index contributed by atoms with van der Waals surface area (Å²) in [5.41, 5.74) is 0. The number of rotatable bonds is 7. The van der Waals surface area contributed by atoms with E-state index in [0.29, 0.717) is 18.6 Å². The molecular formula is C20H25N3O5S. The summed E-state index contributed by atoms with van der Waals surface area (Å²) in [5, 5.41) is 5.42. The first-order chi connectivity index (χ1) is 13.9. The number of benzene rings is 1. The maximum atomic E-state index is 12.7. The van der Waals surface area contributed by atoms with Gasteiger partial charge in [0.2, 0.25) is 21.8 Å². The number of furan rings is 1. The number of hydrogen-bond acceptors (Lipinski definition) is 5. The highest BCUT2D eigenvalue weighted by Gasteiger charge is 2.32. The Morgan fingerprint density at radius 2 is 1.83 bits per heavy atom. The summed E-state index contributed by atoms with van der Waals surface area (Å²) in [7, 11) is -3.55. The summed E-state index contributed by atoms with van der Waals surface area (Å²) >= 11 is 0. The Hall–Kier alpha value is -2.65. The molecule has 2 N–H and O–H groups in total. The first kappa shape index (κ1) is 21.1. The van der Waals surface area contributed by atoms with Crippen LogP contribution in [0.2, 0.25) is 0 Å². The van der Waals surface area contributed by atoms with Crippen molar-refractivity contribution in [3.05, 3.63) is 54.5 Å². The fraction of sp³-hybridized carbons (Fsp3) is 0.400. The first-order valence-electron chi connectivity index (χ1n) is 9.53. The minimum atomic E-state index is -3.55. The van der Waals surface area contributed by atoms with Crippen molar-refractivity contribution in [2.45, 2.75) is 37.2 Å². The molecule has 0 saturated carbocycles. The van der Waals surface area contributed by atoms with Crippen molar-refractivity contribution in [2.75, 3.05) is 13.1 Å². The van der Waals surface area contributed by atoms with E-state index in [0.717, 1.165) is 0 Å². The Bertz CT molecular complexity index is 920. The maximum Gasteiger partial charge on any atom is 0.243 e. The van der Waals surface area contributed by atoms with E-state index in [4.69, 9.17) is 4.42 Å². The Balaban J connectivity index is 1.47. The minimum absolute atomic E-state index is 0.234. The summed E-state index contributed by atoms with van der Waals surface area (Å²) in [5.74, 6) is -0.234. The van der Waals surface area contributed by atoms with Gasteiger partial charge in [0.15, 0.2) is 0 Å². The van der Waals surface area contributed by atoms with Gasteiger partial charge in [0.25, 0.3) is 0 Å². The summed E-state index contributed by atoms with van der Waals surface area (Å²) in [6.07, 6.45) is 2.36. The summed E-state index contributed by atoms with van der Waals surface area (Å²) in [6.45, 7) is 2.41. The number of sulfonamides is 1. The zero-order chi connectivity index (χ0) is 20.9.